The Morgan fingerprint density at radius 2 is 1.84 bits per heavy atom. The number of amides is 2. The van der Waals surface area contributed by atoms with E-state index in [1.165, 1.54) is 0 Å². The molecule has 32 heavy (non-hydrogen) atoms. The summed E-state index contributed by atoms with van der Waals surface area (Å²) in [7, 11) is 1.80. The number of carbonyl (C=O) groups excluding carboxylic acids is 1. The number of ether oxygens (including phenoxy) is 1. The van der Waals surface area contributed by atoms with Crippen molar-refractivity contribution in [2.24, 2.45) is 7.05 Å². The third kappa shape index (κ3) is 4.94. The van der Waals surface area contributed by atoms with E-state index in [2.05, 4.69) is 51.7 Å². The molecule has 9 nitrogen and oxygen atoms in total. The van der Waals surface area contributed by atoms with Gasteiger partial charge in [0.1, 0.15) is 17.3 Å². The molecule has 9 heteroatoms. The van der Waals surface area contributed by atoms with Crippen molar-refractivity contribution in [1.82, 2.24) is 25.0 Å². The predicted molar refractivity (Wildman–Crippen MR) is 123 cm³/mol. The molecule has 0 aliphatic heterocycles. The number of H-pyrrole nitrogens is 1. The van der Waals surface area contributed by atoms with Crippen molar-refractivity contribution in [3.05, 3.63) is 66.7 Å². The van der Waals surface area contributed by atoms with Gasteiger partial charge in [0.25, 0.3) is 0 Å². The molecule has 0 aliphatic rings. The minimum absolute atomic E-state index is 0.0991. The number of benzene rings is 1. The topological polar surface area (TPSA) is 110 Å². The molecular formula is C23H25N7O2. The van der Waals surface area contributed by atoms with Crippen LogP contribution >= 0.6 is 0 Å². The number of pyridine rings is 1. The number of carbonyl (C=O) groups is 1. The summed E-state index contributed by atoms with van der Waals surface area (Å²) in [5.41, 5.74) is 3.09. The molecule has 0 bridgehead atoms. The van der Waals surface area contributed by atoms with Crippen LogP contribution < -0.4 is 15.4 Å². The number of nitrogens with one attached hydrogen (secondary N) is 3. The predicted octanol–water partition coefficient (Wildman–Crippen LogP) is 4.94. The van der Waals surface area contributed by atoms with Gasteiger partial charge >= 0.3 is 6.03 Å². The summed E-state index contributed by atoms with van der Waals surface area (Å²) in [6.07, 6.45) is 5.15. The number of aromatic nitrogens is 5. The van der Waals surface area contributed by atoms with Crippen molar-refractivity contribution in [2.45, 2.75) is 26.2 Å². The molecule has 0 saturated heterocycles. The summed E-state index contributed by atoms with van der Waals surface area (Å²) < 4.78 is 7.57. The summed E-state index contributed by atoms with van der Waals surface area (Å²) in [5, 5.41) is 16.8. The van der Waals surface area contributed by atoms with Crippen LogP contribution in [0.25, 0.3) is 11.3 Å². The number of aryl methyl sites for hydroxylation is 1. The summed E-state index contributed by atoms with van der Waals surface area (Å²) in [5.74, 6) is 1.92. The molecule has 4 aromatic rings. The van der Waals surface area contributed by atoms with Gasteiger partial charge in [-0.05, 0) is 30.3 Å². The summed E-state index contributed by atoms with van der Waals surface area (Å²) >= 11 is 0. The van der Waals surface area contributed by atoms with Crippen LogP contribution in [0.15, 0.2) is 61.1 Å². The Bertz CT molecular complexity index is 1210. The lowest BCUT2D eigenvalue weighted by Crippen LogP contribution is -2.20. The van der Waals surface area contributed by atoms with Gasteiger partial charge in [0.2, 0.25) is 0 Å². The van der Waals surface area contributed by atoms with Gasteiger partial charge in [-0.1, -0.05) is 20.8 Å². The maximum atomic E-state index is 12.4. The van der Waals surface area contributed by atoms with E-state index in [4.69, 9.17) is 4.74 Å². The van der Waals surface area contributed by atoms with Gasteiger partial charge in [-0.25, -0.2) is 4.79 Å². The van der Waals surface area contributed by atoms with Crippen molar-refractivity contribution in [2.75, 3.05) is 10.6 Å². The second-order valence-electron chi connectivity index (χ2n) is 8.36. The van der Waals surface area contributed by atoms with E-state index in [0.717, 1.165) is 17.0 Å². The number of hydrogen-bond donors (Lipinski definition) is 3. The molecular weight excluding hydrogens is 406 g/mol. The molecule has 1 aromatic carbocycles. The number of rotatable bonds is 5. The third-order valence-corrected chi connectivity index (χ3v) is 4.76. The molecule has 0 saturated carbocycles. The van der Waals surface area contributed by atoms with E-state index >= 15 is 0 Å². The highest BCUT2D eigenvalue weighted by atomic mass is 16.5. The highest BCUT2D eigenvalue weighted by Crippen LogP contribution is 2.27. The normalized spacial score (nSPS) is 11.2. The van der Waals surface area contributed by atoms with Crippen LogP contribution in [0.1, 0.15) is 26.5 Å². The minimum Gasteiger partial charge on any atom is -0.457 e. The van der Waals surface area contributed by atoms with Crippen LogP contribution in [0.5, 0.6) is 11.5 Å². The molecule has 0 radical (unpaired) electrons. The standard InChI is InChI=1S/C23H25N7O2/c1-23(2,3)20-12-21(30(4)29-20)28-22(31)27-16-5-7-17(8-6-16)32-18-9-10-24-19(11-18)15-13-25-26-14-15/h5-14H,1-4H3,(H,25,26)(H2,27,28,31). The first-order valence-corrected chi connectivity index (χ1v) is 10.1. The number of hydrogen-bond acceptors (Lipinski definition) is 5. The van der Waals surface area contributed by atoms with Gasteiger partial charge in [0.05, 0.1) is 17.6 Å². The lowest BCUT2D eigenvalue weighted by Gasteiger charge is -2.13. The monoisotopic (exact) mass is 431 g/mol. The van der Waals surface area contributed by atoms with Gasteiger partial charge in [-0.2, -0.15) is 10.2 Å². The van der Waals surface area contributed by atoms with Crippen molar-refractivity contribution in [1.29, 1.82) is 0 Å². The highest BCUT2D eigenvalue weighted by molar-refractivity contribution is 5.99. The van der Waals surface area contributed by atoms with Crippen LogP contribution in [0.4, 0.5) is 16.3 Å². The Balaban J connectivity index is 1.38. The lowest BCUT2D eigenvalue weighted by atomic mass is 9.92. The fourth-order valence-corrected chi connectivity index (χ4v) is 3.00. The molecule has 3 aromatic heterocycles. The Labute approximate surface area is 185 Å². The molecule has 3 heterocycles. The minimum atomic E-state index is -0.346. The average Bonchev–Trinajstić information content (AvgIpc) is 3.40. The van der Waals surface area contributed by atoms with Crippen LogP contribution in [0.2, 0.25) is 0 Å². The SMILES string of the molecule is Cn1nc(C(C)(C)C)cc1NC(=O)Nc1ccc(Oc2ccnc(-c3cn[nH]c3)c2)cc1. The summed E-state index contributed by atoms with van der Waals surface area (Å²) in [4.78, 5) is 16.7. The van der Waals surface area contributed by atoms with Gasteiger partial charge in [-0.15, -0.1) is 0 Å². The lowest BCUT2D eigenvalue weighted by molar-refractivity contribution is 0.262. The molecule has 0 unspecified atom stereocenters. The first kappa shape index (κ1) is 21.1. The smallest absolute Gasteiger partial charge is 0.324 e. The quantitative estimate of drug-likeness (QED) is 0.415. The van der Waals surface area contributed by atoms with Crippen LogP contribution in [-0.2, 0) is 12.5 Å². The Morgan fingerprint density at radius 1 is 1.06 bits per heavy atom. The molecule has 4 rings (SSSR count). The Morgan fingerprint density at radius 3 is 2.50 bits per heavy atom. The maximum Gasteiger partial charge on any atom is 0.324 e. The van der Waals surface area contributed by atoms with Crippen LogP contribution in [0.3, 0.4) is 0 Å². The van der Waals surface area contributed by atoms with Crippen molar-refractivity contribution in [3.63, 3.8) is 0 Å². The highest BCUT2D eigenvalue weighted by Gasteiger charge is 2.19. The maximum absolute atomic E-state index is 12.4. The zero-order valence-electron chi connectivity index (χ0n) is 18.4. The third-order valence-electron chi connectivity index (χ3n) is 4.76. The number of urea groups is 1. The van der Waals surface area contributed by atoms with Crippen LogP contribution in [0, 0.1) is 0 Å². The average molecular weight is 432 g/mol. The number of nitrogens with zero attached hydrogens (tertiary/aromatic N) is 4. The Hall–Kier alpha value is -4.14. The summed E-state index contributed by atoms with van der Waals surface area (Å²) in [6.45, 7) is 6.23. The van der Waals surface area contributed by atoms with E-state index < -0.39 is 0 Å². The molecule has 0 atom stereocenters. The van der Waals surface area contributed by atoms with Crippen molar-refractivity contribution in [3.8, 4) is 22.8 Å². The van der Waals surface area contributed by atoms with Crippen LogP contribution in [-0.4, -0.2) is 31.0 Å². The second kappa shape index (κ2) is 8.54. The molecule has 3 N–H and O–H groups in total. The molecule has 0 fully saturated rings. The van der Waals surface area contributed by atoms with Crippen molar-refractivity contribution >= 4 is 17.5 Å². The van der Waals surface area contributed by atoms with Crippen molar-refractivity contribution < 1.29 is 9.53 Å². The molecule has 2 amide bonds. The van der Waals surface area contributed by atoms with Gasteiger partial charge in [-0.3, -0.25) is 20.1 Å². The molecule has 0 aliphatic carbocycles. The van der Waals surface area contributed by atoms with Gasteiger partial charge < -0.3 is 10.1 Å². The number of aromatic amines is 1. The van der Waals surface area contributed by atoms with Gasteiger partial charge in [0.15, 0.2) is 0 Å². The first-order valence-electron chi connectivity index (χ1n) is 10.1. The second-order valence-corrected chi connectivity index (χ2v) is 8.36. The van der Waals surface area contributed by atoms with Gasteiger partial charge in [0, 0.05) is 48.2 Å². The van der Waals surface area contributed by atoms with E-state index in [9.17, 15) is 4.79 Å². The van der Waals surface area contributed by atoms with E-state index in [-0.39, 0.29) is 11.4 Å². The zero-order valence-corrected chi connectivity index (χ0v) is 18.4. The Kier molecular flexibility index (Phi) is 5.63. The molecule has 0 spiro atoms. The van der Waals surface area contributed by atoms with E-state index in [0.29, 0.717) is 23.0 Å². The zero-order chi connectivity index (χ0) is 22.7. The fraction of sp³-hybridized carbons (Fsp3) is 0.217. The fourth-order valence-electron chi connectivity index (χ4n) is 3.00. The molecule has 164 valence electrons. The first-order chi connectivity index (χ1) is 15.3. The van der Waals surface area contributed by atoms with E-state index in [1.807, 2.05) is 12.1 Å². The number of anilines is 2. The largest absolute Gasteiger partial charge is 0.457 e. The van der Waals surface area contributed by atoms with E-state index in [1.54, 1.807) is 60.7 Å². The summed E-state index contributed by atoms with van der Waals surface area (Å²) in [6, 6.07) is 12.3.